The van der Waals surface area contributed by atoms with Gasteiger partial charge in [-0.1, -0.05) is 12.1 Å². The van der Waals surface area contributed by atoms with Crippen molar-refractivity contribution in [2.45, 2.75) is 25.9 Å². The minimum Gasteiger partial charge on any atom is -0.481 e. The summed E-state index contributed by atoms with van der Waals surface area (Å²) in [5.74, 6) is -1.17. The number of carbonyl (C=O) groups excluding carboxylic acids is 1. The first-order valence-electron chi connectivity index (χ1n) is 8.22. The molecule has 2 aromatic rings. The smallest absolute Gasteiger partial charge is 0.416 e. The highest BCUT2D eigenvalue weighted by Crippen LogP contribution is 2.33. The number of nitrogens with zero attached hydrogens (tertiary/aromatic N) is 2. The van der Waals surface area contributed by atoms with Crippen molar-refractivity contribution in [2.24, 2.45) is 5.41 Å². The van der Waals surface area contributed by atoms with Gasteiger partial charge in [0, 0.05) is 24.0 Å². The maximum absolute atomic E-state index is 12.8. The number of halogens is 3. The number of carboxylic acid groups (broad SMARTS) is 1. The van der Waals surface area contributed by atoms with Crippen LogP contribution in [0.15, 0.2) is 29.6 Å². The third-order valence-corrected chi connectivity index (χ3v) is 5.60. The van der Waals surface area contributed by atoms with Crippen LogP contribution in [0, 0.1) is 5.41 Å². The minimum absolute atomic E-state index is 0.00877. The minimum atomic E-state index is -4.43. The van der Waals surface area contributed by atoms with Crippen LogP contribution in [0.3, 0.4) is 0 Å². The molecule has 1 N–H and O–H groups in total. The molecule has 1 aromatic heterocycles. The fourth-order valence-corrected chi connectivity index (χ4v) is 3.78. The average molecular weight is 398 g/mol. The molecule has 144 valence electrons. The highest BCUT2D eigenvalue weighted by atomic mass is 32.1. The second-order valence-corrected chi connectivity index (χ2v) is 7.69. The van der Waals surface area contributed by atoms with Gasteiger partial charge in [-0.3, -0.25) is 9.59 Å². The second-order valence-electron chi connectivity index (χ2n) is 6.83. The molecule has 1 unspecified atom stereocenters. The molecule has 0 bridgehead atoms. The third kappa shape index (κ3) is 4.13. The SMILES string of the molecule is CC1(C(=O)O)CCN(C(=O)Cc2csc(-c3cccc(C(F)(F)F)c3)n2)C1. The Labute approximate surface area is 157 Å². The fourth-order valence-electron chi connectivity index (χ4n) is 2.96. The Balaban J connectivity index is 1.70. The molecular formula is C18H17F3N2O3S. The quantitative estimate of drug-likeness (QED) is 0.853. The van der Waals surface area contributed by atoms with Gasteiger partial charge in [-0.2, -0.15) is 13.2 Å². The lowest BCUT2D eigenvalue weighted by molar-refractivity contribution is -0.147. The van der Waals surface area contributed by atoms with Gasteiger partial charge >= 0.3 is 12.1 Å². The molecule has 1 atom stereocenters. The van der Waals surface area contributed by atoms with Gasteiger partial charge in [0.2, 0.25) is 5.91 Å². The normalized spacial score (nSPS) is 20.1. The van der Waals surface area contributed by atoms with Crippen molar-refractivity contribution in [2.75, 3.05) is 13.1 Å². The topological polar surface area (TPSA) is 70.5 Å². The number of carbonyl (C=O) groups is 2. The first-order chi connectivity index (χ1) is 12.6. The van der Waals surface area contributed by atoms with E-state index >= 15 is 0 Å². The maximum atomic E-state index is 12.8. The maximum Gasteiger partial charge on any atom is 0.416 e. The molecule has 1 amide bonds. The number of alkyl halides is 3. The lowest BCUT2D eigenvalue weighted by Crippen LogP contribution is -2.35. The lowest BCUT2D eigenvalue weighted by Gasteiger charge is -2.19. The van der Waals surface area contributed by atoms with Crippen molar-refractivity contribution in [1.82, 2.24) is 9.88 Å². The zero-order chi connectivity index (χ0) is 19.8. The van der Waals surface area contributed by atoms with Crippen LogP contribution < -0.4 is 0 Å². The van der Waals surface area contributed by atoms with Gasteiger partial charge < -0.3 is 10.0 Å². The molecule has 0 saturated carbocycles. The number of thiazole rings is 1. The van der Waals surface area contributed by atoms with Gasteiger partial charge in [-0.15, -0.1) is 11.3 Å². The molecule has 3 rings (SSSR count). The van der Waals surface area contributed by atoms with E-state index < -0.39 is 23.1 Å². The third-order valence-electron chi connectivity index (χ3n) is 4.66. The van der Waals surface area contributed by atoms with Crippen LogP contribution in [0.1, 0.15) is 24.6 Å². The van der Waals surface area contributed by atoms with Crippen LogP contribution in [-0.4, -0.2) is 40.0 Å². The predicted octanol–water partition coefficient (Wildman–Crippen LogP) is 3.69. The van der Waals surface area contributed by atoms with E-state index in [9.17, 15) is 27.9 Å². The number of likely N-dealkylation sites (tertiary alicyclic amines) is 1. The molecule has 1 fully saturated rings. The van der Waals surface area contributed by atoms with Crippen LogP contribution >= 0.6 is 11.3 Å². The molecule has 1 aliphatic heterocycles. The van der Waals surface area contributed by atoms with E-state index in [0.29, 0.717) is 29.2 Å². The molecule has 0 radical (unpaired) electrons. The first kappa shape index (κ1) is 19.3. The zero-order valence-corrected chi connectivity index (χ0v) is 15.2. The van der Waals surface area contributed by atoms with Crippen LogP contribution in [-0.2, 0) is 22.2 Å². The number of aromatic nitrogens is 1. The van der Waals surface area contributed by atoms with E-state index in [-0.39, 0.29) is 18.9 Å². The molecule has 9 heteroatoms. The Morgan fingerprint density at radius 2 is 2.11 bits per heavy atom. The number of rotatable bonds is 4. The van der Waals surface area contributed by atoms with Gasteiger partial charge in [0.25, 0.3) is 0 Å². The van der Waals surface area contributed by atoms with E-state index in [1.165, 1.54) is 22.3 Å². The lowest BCUT2D eigenvalue weighted by atomic mass is 9.90. The van der Waals surface area contributed by atoms with Crippen molar-refractivity contribution in [3.63, 3.8) is 0 Å². The highest BCUT2D eigenvalue weighted by molar-refractivity contribution is 7.13. The molecular weight excluding hydrogens is 381 g/mol. The van der Waals surface area contributed by atoms with Gasteiger partial charge in [0.15, 0.2) is 0 Å². The number of amides is 1. The summed E-state index contributed by atoms with van der Waals surface area (Å²) in [6, 6.07) is 4.89. The van der Waals surface area contributed by atoms with E-state index in [0.717, 1.165) is 12.1 Å². The Kier molecular flexibility index (Phi) is 4.98. The number of benzene rings is 1. The molecule has 1 aliphatic rings. The molecule has 1 saturated heterocycles. The van der Waals surface area contributed by atoms with Crippen LogP contribution in [0.4, 0.5) is 13.2 Å². The van der Waals surface area contributed by atoms with E-state index in [4.69, 9.17) is 0 Å². The van der Waals surface area contributed by atoms with E-state index in [1.54, 1.807) is 18.4 Å². The molecule has 27 heavy (non-hydrogen) atoms. The summed E-state index contributed by atoms with van der Waals surface area (Å²) in [6.45, 7) is 2.12. The van der Waals surface area contributed by atoms with E-state index in [1.807, 2.05) is 0 Å². The van der Waals surface area contributed by atoms with Crippen molar-refractivity contribution >= 4 is 23.2 Å². The van der Waals surface area contributed by atoms with E-state index in [2.05, 4.69) is 4.98 Å². The molecule has 2 heterocycles. The number of carboxylic acids is 1. The standard InChI is InChI=1S/C18H17F3N2O3S/c1-17(16(25)26)5-6-23(10-17)14(24)8-13-9-27-15(22-13)11-3-2-4-12(7-11)18(19,20)21/h2-4,7,9H,5-6,8,10H2,1H3,(H,25,26). The fraction of sp³-hybridized carbons (Fsp3) is 0.389. The molecule has 5 nitrogen and oxygen atoms in total. The number of hydrogen-bond donors (Lipinski definition) is 1. The highest BCUT2D eigenvalue weighted by Gasteiger charge is 2.42. The van der Waals surface area contributed by atoms with Crippen molar-refractivity contribution in [1.29, 1.82) is 0 Å². The molecule has 0 aliphatic carbocycles. The summed E-state index contributed by atoms with van der Waals surface area (Å²) in [7, 11) is 0. The first-order valence-corrected chi connectivity index (χ1v) is 9.10. The largest absolute Gasteiger partial charge is 0.481 e. The summed E-state index contributed by atoms with van der Waals surface area (Å²) < 4.78 is 38.5. The zero-order valence-electron chi connectivity index (χ0n) is 14.4. The van der Waals surface area contributed by atoms with Crippen molar-refractivity contribution in [3.05, 3.63) is 40.9 Å². The predicted molar refractivity (Wildman–Crippen MR) is 93.2 cm³/mol. The van der Waals surface area contributed by atoms with Gasteiger partial charge in [0.1, 0.15) is 5.01 Å². The Bertz CT molecular complexity index is 881. The van der Waals surface area contributed by atoms with Gasteiger partial charge in [-0.25, -0.2) is 4.98 Å². The number of hydrogen-bond acceptors (Lipinski definition) is 4. The van der Waals surface area contributed by atoms with Crippen molar-refractivity contribution < 1.29 is 27.9 Å². The summed E-state index contributed by atoms with van der Waals surface area (Å²) >= 11 is 1.17. The Morgan fingerprint density at radius 3 is 2.74 bits per heavy atom. The molecule has 1 aromatic carbocycles. The van der Waals surface area contributed by atoms with Crippen LogP contribution in [0.5, 0.6) is 0 Å². The summed E-state index contributed by atoms with van der Waals surface area (Å²) in [5.41, 5.74) is -0.895. The monoisotopic (exact) mass is 398 g/mol. The summed E-state index contributed by atoms with van der Waals surface area (Å²) in [5, 5.41) is 11.3. The van der Waals surface area contributed by atoms with Crippen LogP contribution in [0.2, 0.25) is 0 Å². The number of aliphatic carboxylic acids is 1. The Hall–Kier alpha value is -2.42. The average Bonchev–Trinajstić information content (AvgIpc) is 3.22. The second kappa shape index (κ2) is 6.95. The summed E-state index contributed by atoms with van der Waals surface area (Å²) in [6.07, 6.45) is -4.05. The Morgan fingerprint density at radius 1 is 1.37 bits per heavy atom. The van der Waals surface area contributed by atoms with Gasteiger partial charge in [-0.05, 0) is 25.5 Å². The van der Waals surface area contributed by atoms with Crippen molar-refractivity contribution in [3.8, 4) is 10.6 Å². The summed E-state index contributed by atoms with van der Waals surface area (Å²) in [4.78, 5) is 29.5. The van der Waals surface area contributed by atoms with Crippen LogP contribution in [0.25, 0.3) is 10.6 Å². The molecule has 0 spiro atoms. The van der Waals surface area contributed by atoms with Gasteiger partial charge in [0.05, 0.1) is 23.1 Å².